The Morgan fingerprint density at radius 3 is 3.04 bits per heavy atom. The van der Waals surface area contributed by atoms with Gasteiger partial charge in [0.1, 0.15) is 0 Å². The summed E-state index contributed by atoms with van der Waals surface area (Å²) in [7, 11) is 0. The van der Waals surface area contributed by atoms with Gasteiger partial charge in [-0.2, -0.15) is 5.10 Å². The first-order valence-corrected chi connectivity index (χ1v) is 8.27. The van der Waals surface area contributed by atoms with Crippen molar-refractivity contribution in [1.29, 1.82) is 0 Å². The fraction of sp³-hybridized carbons (Fsp3) is 0.375. The van der Waals surface area contributed by atoms with E-state index in [2.05, 4.69) is 38.6 Å². The number of aromatic nitrogens is 2. The lowest BCUT2D eigenvalue weighted by atomic mass is 10.00. The minimum atomic E-state index is -0.0678. The van der Waals surface area contributed by atoms with Crippen LogP contribution in [0.25, 0.3) is 5.69 Å². The lowest BCUT2D eigenvalue weighted by Gasteiger charge is -2.30. The van der Waals surface area contributed by atoms with Crippen molar-refractivity contribution in [2.75, 3.05) is 6.54 Å². The second kappa shape index (κ2) is 7.95. The number of rotatable bonds is 3. The van der Waals surface area contributed by atoms with Crippen molar-refractivity contribution in [1.82, 2.24) is 20.4 Å². The summed E-state index contributed by atoms with van der Waals surface area (Å²) in [5.74, 6) is -0.0678. The zero-order valence-corrected chi connectivity index (χ0v) is 15.2. The Bertz CT molecular complexity index is 676. The van der Waals surface area contributed by atoms with Gasteiger partial charge in [0.05, 0.1) is 17.4 Å². The lowest BCUT2D eigenvalue weighted by molar-refractivity contribution is 0.0920. The molecule has 1 saturated heterocycles. The monoisotopic (exact) mass is 398 g/mol. The second-order valence-electron chi connectivity index (χ2n) is 5.62. The topological polar surface area (TPSA) is 58.9 Å². The molecule has 1 aliphatic heterocycles. The molecule has 1 aliphatic rings. The maximum atomic E-state index is 12.4. The highest BCUT2D eigenvalue weighted by Crippen LogP contribution is 2.16. The predicted octanol–water partition coefficient (Wildman–Crippen LogP) is 2.93. The summed E-state index contributed by atoms with van der Waals surface area (Å²) in [6.07, 6.45) is 5.47. The molecule has 0 spiro atoms. The van der Waals surface area contributed by atoms with E-state index < -0.39 is 0 Å². The molecule has 2 aromatic rings. The van der Waals surface area contributed by atoms with Crippen LogP contribution in [0.3, 0.4) is 0 Å². The van der Waals surface area contributed by atoms with E-state index in [4.69, 9.17) is 0 Å². The number of carbonyl (C=O) groups is 1. The summed E-state index contributed by atoms with van der Waals surface area (Å²) in [6, 6.07) is 8.29. The van der Waals surface area contributed by atoms with Crippen molar-refractivity contribution < 1.29 is 4.79 Å². The molecule has 2 heterocycles. The SMILES string of the molecule is CC1NCCCC1NC(=O)c1cnn(-c2cccc(Br)c2)c1.Cl. The highest BCUT2D eigenvalue weighted by molar-refractivity contribution is 9.10. The normalized spacial score (nSPS) is 20.6. The third-order valence-electron chi connectivity index (χ3n) is 4.00. The van der Waals surface area contributed by atoms with Gasteiger partial charge in [0.2, 0.25) is 0 Å². The van der Waals surface area contributed by atoms with Gasteiger partial charge in [-0.1, -0.05) is 22.0 Å². The Labute approximate surface area is 150 Å². The van der Waals surface area contributed by atoms with Crippen LogP contribution in [0.15, 0.2) is 41.1 Å². The van der Waals surface area contributed by atoms with Crippen molar-refractivity contribution in [3.63, 3.8) is 0 Å². The molecule has 7 heteroatoms. The molecule has 2 N–H and O–H groups in total. The smallest absolute Gasteiger partial charge is 0.254 e. The molecule has 3 rings (SSSR count). The van der Waals surface area contributed by atoms with Crippen LogP contribution in [-0.2, 0) is 0 Å². The zero-order chi connectivity index (χ0) is 15.5. The average Bonchev–Trinajstić information content (AvgIpc) is 2.99. The number of benzene rings is 1. The van der Waals surface area contributed by atoms with Gasteiger partial charge in [-0.15, -0.1) is 12.4 Å². The number of nitrogens with one attached hydrogen (secondary N) is 2. The molecule has 2 unspecified atom stereocenters. The standard InChI is InChI=1S/C16H19BrN4O.ClH/c1-11-15(6-3-7-18-11)20-16(22)12-9-19-21(10-12)14-5-2-4-13(17)8-14;/h2,4-5,8-11,15,18H,3,6-7H2,1H3,(H,20,22);1H. The molecular weight excluding hydrogens is 380 g/mol. The summed E-state index contributed by atoms with van der Waals surface area (Å²) in [4.78, 5) is 12.4. The minimum Gasteiger partial charge on any atom is -0.348 e. The van der Waals surface area contributed by atoms with Crippen molar-refractivity contribution in [3.05, 3.63) is 46.7 Å². The first-order valence-electron chi connectivity index (χ1n) is 7.48. The van der Waals surface area contributed by atoms with Gasteiger partial charge in [0.15, 0.2) is 0 Å². The van der Waals surface area contributed by atoms with E-state index in [1.165, 1.54) is 0 Å². The van der Waals surface area contributed by atoms with E-state index in [0.29, 0.717) is 11.6 Å². The Balaban J connectivity index is 0.00000192. The number of nitrogens with zero attached hydrogens (tertiary/aromatic N) is 2. The molecule has 1 aromatic carbocycles. The Morgan fingerprint density at radius 1 is 1.48 bits per heavy atom. The summed E-state index contributed by atoms with van der Waals surface area (Å²) in [6.45, 7) is 3.13. The maximum absolute atomic E-state index is 12.4. The van der Waals surface area contributed by atoms with E-state index in [1.807, 2.05) is 24.3 Å². The van der Waals surface area contributed by atoms with E-state index in [-0.39, 0.29) is 24.4 Å². The molecule has 1 amide bonds. The van der Waals surface area contributed by atoms with Gasteiger partial charge in [-0.3, -0.25) is 4.79 Å². The number of halogens is 2. The van der Waals surface area contributed by atoms with Crippen molar-refractivity contribution in [3.8, 4) is 5.69 Å². The molecule has 124 valence electrons. The van der Waals surface area contributed by atoms with Crippen LogP contribution in [0, 0.1) is 0 Å². The molecular formula is C16H20BrClN4O. The number of piperidine rings is 1. The van der Waals surface area contributed by atoms with Gasteiger partial charge in [0.25, 0.3) is 5.91 Å². The van der Waals surface area contributed by atoms with Crippen LogP contribution in [0.5, 0.6) is 0 Å². The lowest BCUT2D eigenvalue weighted by Crippen LogP contribution is -2.51. The van der Waals surface area contributed by atoms with Gasteiger partial charge >= 0.3 is 0 Å². The third-order valence-corrected chi connectivity index (χ3v) is 4.49. The second-order valence-corrected chi connectivity index (χ2v) is 6.53. The summed E-state index contributed by atoms with van der Waals surface area (Å²) < 4.78 is 2.69. The molecule has 5 nitrogen and oxygen atoms in total. The summed E-state index contributed by atoms with van der Waals surface area (Å²) in [5.41, 5.74) is 1.50. The number of hydrogen-bond acceptors (Lipinski definition) is 3. The van der Waals surface area contributed by atoms with Gasteiger partial charge in [0, 0.05) is 22.8 Å². The fourth-order valence-corrected chi connectivity index (χ4v) is 3.08. The Hall–Kier alpha value is -1.37. The van der Waals surface area contributed by atoms with Crippen LogP contribution in [0.1, 0.15) is 30.1 Å². The summed E-state index contributed by atoms with van der Waals surface area (Å²) in [5, 5.41) is 10.8. The van der Waals surface area contributed by atoms with Crippen molar-refractivity contribution in [2.45, 2.75) is 31.8 Å². The Morgan fingerprint density at radius 2 is 2.30 bits per heavy atom. The first kappa shape index (κ1) is 18.0. The van der Waals surface area contributed by atoms with E-state index in [9.17, 15) is 4.79 Å². The third kappa shape index (κ3) is 4.34. The highest BCUT2D eigenvalue weighted by Gasteiger charge is 2.23. The molecule has 23 heavy (non-hydrogen) atoms. The van der Waals surface area contributed by atoms with Crippen LogP contribution < -0.4 is 10.6 Å². The predicted molar refractivity (Wildman–Crippen MR) is 96.5 cm³/mol. The van der Waals surface area contributed by atoms with Crippen molar-refractivity contribution >= 4 is 34.2 Å². The molecule has 0 radical (unpaired) electrons. The number of hydrogen-bond donors (Lipinski definition) is 2. The van der Waals surface area contributed by atoms with Crippen LogP contribution in [-0.4, -0.2) is 34.3 Å². The molecule has 0 aliphatic carbocycles. The van der Waals surface area contributed by atoms with E-state index >= 15 is 0 Å². The number of amides is 1. The van der Waals surface area contributed by atoms with Crippen molar-refractivity contribution in [2.24, 2.45) is 0 Å². The largest absolute Gasteiger partial charge is 0.348 e. The quantitative estimate of drug-likeness (QED) is 0.834. The summed E-state index contributed by atoms with van der Waals surface area (Å²) >= 11 is 3.44. The molecule has 2 atom stereocenters. The molecule has 1 aromatic heterocycles. The van der Waals surface area contributed by atoms with Crippen LogP contribution >= 0.6 is 28.3 Å². The van der Waals surface area contributed by atoms with Gasteiger partial charge in [-0.25, -0.2) is 4.68 Å². The highest BCUT2D eigenvalue weighted by atomic mass is 79.9. The Kier molecular flexibility index (Phi) is 6.21. The molecule has 0 bridgehead atoms. The van der Waals surface area contributed by atoms with E-state index in [1.54, 1.807) is 17.1 Å². The van der Waals surface area contributed by atoms with Gasteiger partial charge in [-0.05, 0) is 44.5 Å². The maximum Gasteiger partial charge on any atom is 0.254 e. The first-order chi connectivity index (χ1) is 10.6. The van der Waals surface area contributed by atoms with Crippen LogP contribution in [0.4, 0.5) is 0 Å². The average molecular weight is 400 g/mol. The fourth-order valence-electron chi connectivity index (χ4n) is 2.69. The molecule has 0 saturated carbocycles. The number of carbonyl (C=O) groups excluding carboxylic acids is 1. The van der Waals surface area contributed by atoms with Crippen LogP contribution in [0.2, 0.25) is 0 Å². The molecule has 1 fully saturated rings. The minimum absolute atomic E-state index is 0. The van der Waals surface area contributed by atoms with Gasteiger partial charge < -0.3 is 10.6 Å². The van der Waals surface area contributed by atoms with E-state index in [0.717, 1.165) is 29.5 Å². The zero-order valence-electron chi connectivity index (χ0n) is 12.8.